The molecule has 1 fully saturated rings. The second-order valence-corrected chi connectivity index (χ2v) is 10.8. The van der Waals surface area contributed by atoms with Gasteiger partial charge in [-0.25, -0.2) is 0 Å². The second-order valence-electron chi connectivity index (χ2n) is 10.8. The van der Waals surface area contributed by atoms with Crippen molar-refractivity contribution in [3.63, 3.8) is 0 Å². The van der Waals surface area contributed by atoms with Crippen molar-refractivity contribution in [1.29, 1.82) is 5.26 Å². The molecule has 1 N–H and O–H groups in total. The minimum atomic E-state index is -0.00403. The van der Waals surface area contributed by atoms with Gasteiger partial charge >= 0.3 is 0 Å². The fraction of sp³-hybridized carbons (Fsp3) is 0.364. The van der Waals surface area contributed by atoms with E-state index in [4.69, 9.17) is 0 Å². The van der Waals surface area contributed by atoms with Crippen LogP contribution in [-0.2, 0) is 13.0 Å². The third-order valence-electron chi connectivity index (χ3n) is 8.27. The number of hydrogen-bond donors (Lipinski definition) is 1. The van der Waals surface area contributed by atoms with Gasteiger partial charge < -0.3 is 5.32 Å². The van der Waals surface area contributed by atoms with Gasteiger partial charge in [0.1, 0.15) is 0 Å². The summed E-state index contributed by atoms with van der Waals surface area (Å²) in [5, 5.41) is 12.6. The minimum absolute atomic E-state index is 0.00403. The van der Waals surface area contributed by atoms with Crippen LogP contribution in [0.4, 0.5) is 0 Å². The maximum absolute atomic E-state index is 12.9. The van der Waals surface area contributed by atoms with Crippen LogP contribution in [0.1, 0.15) is 76.4 Å². The number of nitrogens with zero attached hydrogens (tertiary/aromatic N) is 2. The molecule has 38 heavy (non-hydrogen) atoms. The molecular weight excluding hydrogens is 470 g/mol. The third-order valence-corrected chi connectivity index (χ3v) is 8.27. The van der Waals surface area contributed by atoms with Gasteiger partial charge in [-0.3, -0.25) is 14.5 Å². The zero-order valence-corrected chi connectivity index (χ0v) is 22.1. The van der Waals surface area contributed by atoms with Crippen LogP contribution in [-0.4, -0.2) is 35.7 Å². The van der Waals surface area contributed by atoms with E-state index in [0.29, 0.717) is 17.0 Å². The van der Waals surface area contributed by atoms with E-state index in [1.807, 2.05) is 60.7 Å². The number of benzene rings is 3. The largest absolute Gasteiger partial charge is 0.349 e. The molecule has 5 nitrogen and oxygen atoms in total. The molecule has 2 aliphatic rings. The zero-order chi connectivity index (χ0) is 26.5. The molecule has 0 saturated heterocycles. The molecule has 1 aliphatic carbocycles. The van der Waals surface area contributed by atoms with E-state index < -0.39 is 0 Å². The van der Waals surface area contributed by atoms with Gasteiger partial charge in [0.25, 0.3) is 5.91 Å². The molecule has 3 aromatic carbocycles. The quantitative estimate of drug-likeness (QED) is 0.390. The van der Waals surface area contributed by atoms with Crippen LogP contribution >= 0.6 is 0 Å². The lowest BCUT2D eigenvalue weighted by molar-refractivity contribution is 0.0919. The van der Waals surface area contributed by atoms with Gasteiger partial charge in [0.05, 0.1) is 11.6 Å². The molecule has 5 heteroatoms. The van der Waals surface area contributed by atoms with Crippen LogP contribution in [0, 0.1) is 17.2 Å². The van der Waals surface area contributed by atoms with Gasteiger partial charge in [0.15, 0.2) is 5.78 Å². The SMILES string of the molecule is CC(=O)c1ccc(-c2ccc(C(=O)NC3CCC(CCN4CCc5c(C#N)cccc5C4)CC3)cc2)cc1. The Hall–Kier alpha value is -3.75. The molecule has 0 bridgehead atoms. The monoisotopic (exact) mass is 505 g/mol. The maximum Gasteiger partial charge on any atom is 0.251 e. The summed E-state index contributed by atoms with van der Waals surface area (Å²) in [6, 6.07) is 23.9. The van der Waals surface area contributed by atoms with E-state index in [-0.39, 0.29) is 17.7 Å². The van der Waals surface area contributed by atoms with Crippen molar-refractivity contribution in [2.24, 2.45) is 5.92 Å². The summed E-state index contributed by atoms with van der Waals surface area (Å²) in [7, 11) is 0. The van der Waals surface area contributed by atoms with E-state index in [2.05, 4.69) is 22.4 Å². The average molecular weight is 506 g/mol. The Balaban J connectivity index is 1.06. The Kier molecular flexibility index (Phi) is 8.00. The molecule has 3 aromatic rings. The van der Waals surface area contributed by atoms with Gasteiger partial charge in [0.2, 0.25) is 0 Å². The fourth-order valence-corrected chi connectivity index (χ4v) is 5.90. The average Bonchev–Trinajstić information content (AvgIpc) is 2.96. The number of carbonyl (C=O) groups excluding carboxylic acids is 2. The maximum atomic E-state index is 12.9. The minimum Gasteiger partial charge on any atom is -0.349 e. The number of carbonyl (C=O) groups is 2. The molecule has 0 radical (unpaired) electrons. The van der Waals surface area contributed by atoms with E-state index in [1.54, 1.807) is 6.92 Å². The first kappa shape index (κ1) is 25.9. The third kappa shape index (κ3) is 6.03. The highest BCUT2D eigenvalue weighted by Gasteiger charge is 2.24. The van der Waals surface area contributed by atoms with E-state index in [0.717, 1.165) is 68.4 Å². The molecule has 0 spiro atoms. The van der Waals surface area contributed by atoms with Gasteiger partial charge in [-0.2, -0.15) is 5.26 Å². The number of fused-ring (bicyclic) bond motifs is 1. The lowest BCUT2D eigenvalue weighted by atomic mass is 9.83. The lowest BCUT2D eigenvalue weighted by Gasteiger charge is -2.33. The van der Waals surface area contributed by atoms with Crippen molar-refractivity contribution >= 4 is 11.7 Å². The Bertz CT molecular complexity index is 1330. The van der Waals surface area contributed by atoms with Gasteiger partial charge in [-0.05, 0) is 98.4 Å². The fourth-order valence-electron chi connectivity index (χ4n) is 5.90. The first-order valence-electron chi connectivity index (χ1n) is 13.8. The predicted molar refractivity (Wildman–Crippen MR) is 150 cm³/mol. The number of hydrogen-bond acceptors (Lipinski definition) is 4. The highest BCUT2D eigenvalue weighted by atomic mass is 16.1. The second kappa shape index (κ2) is 11.8. The summed E-state index contributed by atoms with van der Waals surface area (Å²) in [4.78, 5) is 26.9. The Labute approximate surface area is 225 Å². The van der Waals surface area contributed by atoms with Crippen molar-refractivity contribution in [2.75, 3.05) is 13.1 Å². The van der Waals surface area contributed by atoms with Gasteiger partial charge in [-0.1, -0.05) is 48.5 Å². The molecule has 1 heterocycles. The summed E-state index contributed by atoms with van der Waals surface area (Å²) < 4.78 is 0. The van der Waals surface area contributed by atoms with Crippen molar-refractivity contribution in [1.82, 2.24) is 10.2 Å². The van der Waals surface area contributed by atoms with Crippen molar-refractivity contribution in [3.05, 3.63) is 94.5 Å². The van der Waals surface area contributed by atoms with Crippen LogP contribution in [0.15, 0.2) is 66.7 Å². The van der Waals surface area contributed by atoms with Crippen LogP contribution < -0.4 is 5.32 Å². The normalized spacial score (nSPS) is 19.3. The number of Topliss-reactive ketones (excluding diaryl/α,β-unsaturated/α-hetero) is 1. The molecule has 0 atom stereocenters. The summed E-state index contributed by atoms with van der Waals surface area (Å²) in [6.45, 7) is 4.64. The van der Waals surface area contributed by atoms with Gasteiger partial charge in [-0.15, -0.1) is 0 Å². The number of amides is 1. The van der Waals surface area contributed by atoms with Gasteiger partial charge in [0, 0.05) is 30.3 Å². The summed E-state index contributed by atoms with van der Waals surface area (Å²) in [5.74, 6) is 0.765. The number of rotatable bonds is 7. The molecule has 1 saturated carbocycles. The number of nitriles is 1. The summed E-state index contributed by atoms with van der Waals surface area (Å²) >= 11 is 0. The zero-order valence-electron chi connectivity index (χ0n) is 22.1. The molecule has 0 unspecified atom stereocenters. The molecule has 0 aromatic heterocycles. The van der Waals surface area contributed by atoms with E-state index in [9.17, 15) is 14.9 Å². The molecule has 1 amide bonds. The smallest absolute Gasteiger partial charge is 0.251 e. The molecule has 1 aliphatic heterocycles. The van der Waals surface area contributed by atoms with Crippen LogP contribution in [0.25, 0.3) is 11.1 Å². The van der Waals surface area contributed by atoms with Crippen molar-refractivity contribution < 1.29 is 9.59 Å². The first-order chi connectivity index (χ1) is 18.5. The Morgan fingerprint density at radius 2 is 1.58 bits per heavy atom. The van der Waals surface area contributed by atoms with E-state index >= 15 is 0 Å². The summed E-state index contributed by atoms with van der Waals surface area (Å²) in [6.07, 6.45) is 6.54. The molecule has 194 valence electrons. The standard InChI is InChI=1S/C33H35N3O2/c1-23(37)25-7-9-26(10-8-25)27-11-13-28(14-12-27)33(38)35-31-15-5-24(6-16-31)17-19-36-20-18-32-29(21-34)3-2-4-30(32)22-36/h2-4,7-14,24,31H,5-6,15-20,22H2,1H3,(H,35,38). The molecular formula is C33H35N3O2. The summed E-state index contributed by atoms with van der Waals surface area (Å²) in [5.41, 5.74) is 6.81. The predicted octanol–water partition coefficient (Wildman–Crippen LogP) is 6.16. The highest BCUT2D eigenvalue weighted by molar-refractivity contribution is 5.95. The topological polar surface area (TPSA) is 73.2 Å². The van der Waals surface area contributed by atoms with Crippen molar-refractivity contribution in [3.8, 4) is 17.2 Å². The van der Waals surface area contributed by atoms with Crippen LogP contribution in [0.3, 0.4) is 0 Å². The Morgan fingerprint density at radius 1 is 0.921 bits per heavy atom. The Morgan fingerprint density at radius 3 is 2.21 bits per heavy atom. The first-order valence-corrected chi connectivity index (χ1v) is 13.8. The van der Waals surface area contributed by atoms with Crippen LogP contribution in [0.5, 0.6) is 0 Å². The number of ketones is 1. The number of nitrogens with one attached hydrogen (secondary N) is 1. The highest BCUT2D eigenvalue weighted by Crippen LogP contribution is 2.29. The molecule has 5 rings (SSSR count). The van der Waals surface area contributed by atoms with Crippen LogP contribution in [0.2, 0.25) is 0 Å². The van der Waals surface area contributed by atoms with E-state index in [1.165, 1.54) is 17.5 Å². The lowest BCUT2D eigenvalue weighted by Crippen LogP contribution is -2.38. The van der Waals surface area contributed by atoms with Crippen molar-refractivity contribution in [2.45, 2.75) is 58.0 Å².